The SMILES string of the molecule is CCC(Nc1ccccc1OC)C(=O)Nc1cccc(C)c1C. The van der Waals surface area contributed by atoms with Gasteiger partial charge in [-0.1, -0.05) is 31.2 Å². The molecule has 2 N–H and O–H groups in total. The van der Waals surface area contributed by atoms with Gasteiger partial charge in [0, 0.05) is 5.69 Å². The minimum absolute atomic E-state index is 0.0490. The number of anilines is 2. The minimum Gasteiger partial charge on any atom is -0.495 e. The van der Waals surface area contributed by atoms with Crippen LogP contribution in [-0.2, 0) is 4.79 Å². The standard InChI is InChI=1S/C19H24N2O2/c1-5-15(20-17-10-6-7-12-18(17)23-4)19(22)21-16-11-8-9-13(2)14(16)3/h6-12,15,20H,5H2,1-4H3,(H,21,22). The summed E-state index contributed by atoms with van der Waals surface area (Å²) in [4.78, 5) is 12.6. The van der Waals surface area contributed by atoms with E-state index in [-0.39, 0.29) is 11.9 Å². The summed E-state index contributed by atoms with van der Waals surface area (Å²) in [5, 5.41) is 6.28. The Morgan fingerprint density at radius 3 is 2.48 bits per heavy atom. The zero-order valence-corrected chi connectivity index (χ0v) is 14.1. The lowest BCUT2D eigenvalue weighted by molar-refractivity contribution is -0.117. The number of carbonyl (C=O) groups excluding carboxylic acids is 1. The summed E-state index contributed by atoms with van der Waals surface area (Å²) in [6.07, 6.45) is 0.675. The second-order valence-corrected chi connectivity index (χ2v) is 5.54. The smallest absolute Gasteiger partial charge is 0.246 e. The molecule has 23 heavy (non-hydrogen) atoms. The number of aryl methyl sites for hydroxylation is 1. The first kappa shape index (κ1) is 16.9. The van der Waals surface area contributed by atoms with Crippen molar-refractivity contribution in [3.8, 4) is 5.75 Å². The monoisotopic (exact) mass is 312 g/mol. The number of hydrogen-bond acceptors (Lipinski definition) is 3. The van der Waals surface area contributed by atoms with E-state index in [0.29, 0.717) is 6.42 Å². The molecule has 2 rings (SSSR count). The van der Waals surface area contributed by atoms with Gasteiger partial charge in [0.2, 0.25) is 5.91 Å². The molecular weight excluding hydrogens is 288 g/mol. The molecule has 0 saturated carbocycles. The summed E-state index contributed by atoms with van der Waals surface area (Å²) in [5.74, 6) is 0.678. The van der Waals surface area contributed by atoms with E-state index in [4.69, 9.17) is 4.74 Å². The van der Waals surface area contributed by atoms with E-state index in [0.717, 1.165) is 28.3 Å². The summed E-state index contributed by atoms with van der Waals surface area (Å²) in [5.41, 5.74) is 3.93. The van der Waals surface area contributed by atoms with Gasteiger partial charge in [-0.3, -0.25) is 4.79 Å². The first-order chi connectivity index (χ1) is 11.1. The van der Waals surface area contributed by atoms with Crippen molar-refractivity contribution in [2.45, 2.75) is 33.2 Å². The minimum atomic E-state index is -0.328. The van der Waals surface area contributed by atoms with E-state index < -0.39 is 0 Å². The maximum Gasteiger partial charge on any atom is 0.246 e. The molecule has 1 atom stereocenters. The lowest BCUT2D eigenvalue weighted by Crippen LogP contribution is -2.34. The predicted molar refractivity (Wildman–Crippen MR) is 95.2 cm³/mol. The second kappa shape index (κ2) is 7.68. The number of carbonyl (C=O) groups is 1. The van der Waals surface area contributed by atoms with Crippen LogP contribution in [0.3, 0.4) is 0 Å². The molecule has 0 heterocycles. The van der Waals surface area contributed by atoms with Crippen LogP contribution in [0.2, 0.25) is 0 Å². The Morgan fingerprint density at radius 2 is 1.78 bits per heavy atom. The van der Waals surface area contributed by atoms with E-state index in [9.17, 15) is 4.79 Å². The van der Waals surface area contributed by atoms with Gasteiger partial charge in [0.15, 0.2) is 0 Å². The third-order valence-electron chi connectivity index (χ3n) is 4.02. The number of nitrogens with one attached hydrogen (secondary N) is 2. The fraction of sp³-hybridized carbons (Fsp3) is 0.316. The molecule has 1 amide bonds. The zero-order valence-electron chi connectivity index (χ0n) is 14.1. The zero-order chi connectivity index (χ0) is 16.8. The van der Waals surface area contributed by atoms with Crippen LogP contribution < -0.4 is 15.4 Å². The maximum absolute atomic E-state index is 12.6. The van der Waals surface area contributed by atoms with Gasteiger partial charge in [-0.05, 0) is 49.6 Å². The largest absolute Gasteiger partial charge is 0.495 e. The number of para-hydroxylation sites is 2. The molecule has 0 fully saturated rings. The predicted octanol–water partition coefficient (Wildman–Crippen LogP) is 4.14. The van der Waals surface area contributed by atoms with Crippen LogP contribution >= 0.6 is 0 Å². The van der Waals surface area contributed by atoms with Crippen molar-refractivity contribution in [3.63, 3.8) is 0 Å². The molecule has 0 aromatic heterocycles. The van der Waals surface area contributed by atoms with Crippen molar-refractivity contribution < 1.29 is 9.53 Å². The van der Waals surface area contributed by atoms with E-state index in [1.54, 1.807) is 7.11 Å². The Labute approximate surface area is 137 Å². The van der Waals surface area contributed by atoms with Crippen LogP contribution in [0.25, 0.3) is 0 Å². The Balaban J connectivity index is 2.14. The Bertz CT molecular complexity index is 683. The highest BCUT2D eigenvalue weighted by Crippen LogP contribution is 2.25. The van der Waals surface area contributed by atoms with Gasteiger partial charge in [0.05, 0.1) is 12.8 Å². The summed E-state index contributed by atoms with van der Waals surface area (Å²) in [6.45, 7) is 6.03. The Kier molecular flexibility index (Phi) is 5.63. The number of benzene rings is 2. The van der Waals surface area contributed by atoms with Gasteiger partial charge in [0.1, 0.15) is 11.8 Å². The first-order valence-electron chi connectivity index (χ1n) is 7.83. The third kappa shape index (κ3) is 4.03. The van der Waals surface area contributed by atoms with Gasteiger partial charge in [-0.15, -0.1) is 0 Å². The van der Waals surface area contributed by atoms with Gasteiger partial charge < -0.3 is 15.4 Å². The highest BCUT2D eigenvalue weighted by atomic mass is 16.5. The van der Waals surface area contributed by atoms with Crippen molar-refractivity contribution in [2.75, 3.05) is 17.7 Å². The number of hydrogen-bond donors (Lipinski definition) is 2. The fourth-order valence-electron chi connectivity index (χ4n) is 2.41. The van der Waals surface area contributed by atoms with Crippen LogP contribution in [0, 0.1) is 13.8 Å². The van der Waals surface area contributed by atoms with Crippen molar-refractivity contribution >= 4 is 17.3 Å². The third-order valence-corrected chi connectivity index (χ3v) is 4.02. The maximum atomic E-state index is 12.6. The molecule has 0 aliphatic carbocycles. The number of amides is 1. The second-order valence-electron chi connectivity index (χ2n) is 5.54. The molecular formula is C19H24N2O2. The summed E-state index contributed by atoms with van der Waals surface area (Å²) in [6, 6.07) is 13.2. The lowest BCUT2D eigenvalue weighted by atomic mass is 10.1. The summed E-state index contributed by atoms with van der Waals surface area (Å²) in [7, 11) is 1.62. The normalized spacial score (nSPS) is 11.7. The molecule has 0 aliphatic heterocycles. The van der Waals surface area contributed by atoms with E-state index in [2.05, 4.69) is 10.6 Å². The molecule has 4 heteroatoms. The van der Waals surface area contributed by atoms with Crippen LogP contribution in [0.1, 0.15) is 24.5 Å². The topological polar surface area (TPSA) is 50.4 Å². The molecule has 2 aromatic carbocycles. The van der Waals surface area contributed by atoms with E-state index in [1.807, 2.05) is 63.2 Å². The van der Waals surface area contributed by atoms with Crippen LogP contribution in [0.5, 0.6) is 5.75 Å². The quantitative estimate of drug-likeness (QED) is 0.843. The molecule has 122 valence electrons. The van der Waals surface area contributed by atoms with Crippen molar-refractivity contribution in [2.24, 2.45) is 0 Å². The lowest BCUT2D eigenvalue weighted by Gasteiger charge is -2.20. The average Bonchev–Trinajstić information content (AvgIpc) is 2.57. The van der Waals surface area contributed by atoms with E-state index in [1.165, 1.54) is 0 Å². The molecule has 0 saturated heterocycles. The molecule has 0 spiro atoms. The van der Waals surface area contributed by atoms with Gasteiger partial charge in [-0.2, -0.15) is 0 Å². The number of methoxy groups -OCH3 is 1. The Hall–Kier alpha value is -2.49. The molecule has 1 unspecified atom stereocenters. The number of ether oxygens (including phenoxy) is 1. The van der Waals surface area contributed by atoms with E-state index >= 15 is 0 Å². The molecule has 2 aromatic rings. The first-order valence-corrected chi connectivity index (χ1v) is 7.83. The van der Waals surface area contributed by atoms with Crippen molar-refractivity contribution in [1.29, 1.82) is 0 Å². The van der Waals surface area contributed by atoms with Gasteiger partial charge in [-0.25, -0.2) is 0 Å². The van der Waals surface area contributed by atoms with Crippen LogP contribution in [0.4, 0.5) is 11.4 Å². The summed E-state index contributed by atoms with van der Waals surface area (Å²) >= 11 is 0. The number of rotatable bonds is 6. The fourth-order valence-corrected chi connectivity index (χ4v) is 2.41. The summed E-state index contributed by atoms with van der Waals surface area (Å²) < 4.78 is 5.33. The van der Waals surface area contributed by atoms with Crippen LogP contribution in [0.15, 0.2) is 42.5 Å². The molecule has 4 nitrogen and oxygen atoms in total. The average molecular weight is 312 g/mol. The molecule has 0 radical (unpaired) electrons. The van der Waals surface area contributed by atoms with Crippen molar-refractivity contribution in [3.05, 3.63) is 53.6 Å². The molecule has 0 bridgehead atoms. The Morgan fingerprint density at radius 1 is 1.09 bits per heavy atom. The van der Waals surface area contributed by atoms with Gasteiger partial charge in [0.25, 0.3) is 0 Å². The van der Waals surface area contributed by atoms with Gasteiger partial charge >= 0.3 is 0 Å². The highest BCUT2D eigenvalue weighted by molar-refractivity contribution is 5.97. The molecule has 0 aliphatic rings. The highest BCUT2D eigenvalue weighted by Gasteiger charge is 2.18. The van der Waals surface area contributed by atoms with Crippen LogP contribution in [-0.4, -0.2) is 19.1 Å². The van der Waals surface area contributed by atoms with Crippen molar-refractivity contribution in [1.82, 2.24) is 0 Å².